The fraction of sp³-hybridized carbons (Fsp3) is 0.304. The maximum atomic E-state index is 12.7. The number of halogens is 1. The molecule has 2 amide bonds. The Labute approximate surface area is 197 Å². The highest BCUT2D eigenvalue weighted by atomic mass is 35.5. The lowest BCUT2D eigenvalue weighted by atomic mass is 10.0. The molecule has 7 nitrogen and oxygen atoms in total. The molecule has 32 heavy (non-hydrogen) atoms. The van der Waals surface area contributed by atoms with Gasteiger partial charge in [-0.05, 0) is 42.7 Å². The topological polar surface area (TPSA) is 88.9 Å². The predicted molar refractivity (Wildman–Crippen MR) is 128 cm³/mol. The Hall–Kier alpha value is -2.84. The van der Waals surface area contributed by atoms with Crippen LogP contribution >= 0.6 is 23.4 Å². The first-order chi connectivity index (χ1) is 15.3. The van der Waals surface area contributed by atoms with Gasteiger partial charge in [0.2, 0.25) is 5.91 Å². The zero-order valence-electron chi connectivity index (χ0n) is 18.4. The number of nitrogens with zero attached hydrogens (tertiary/aromatic N) is 3. The quantitative estimate of drug-likeness (QED) is 0.467. The molecule has 0 unspecified atom stereocenters. The lowest BCUT2D eigenvalue weighted by Gasteiger charge is -2.21. The molecule has 1 atom stereocenters. The van der Waals surface area contributed by atoms with E-state index >= 15 is 0 Å². The zero-order valence-corrected chi connectivity index (χ0v) is 20.0. The number of carbonyl (C=O) groups is 2. The van der Waals surface area contributed by atoms with Gasteiger partial charge in [0.25, 0.3) is 5.91 Å². The van der Waals surface area contributed by atoms with Gasteiger partial charge in [-0.2, -0.15) is 0 Å². The van der Waals surface area contributed by atoms with Gasteiger partial charge in [-0.25, -0.2) is 0 Å². The number of carbonyl (C=O) groups excluding carboxylic acids is 2. The summed E-state index contributed by atoms with van der Waals surface area (Å²) in [4.78, 5) is 25.1. The van der Waals surface area contributed by atoms with Gasteiger partial charge in [0.05, 0.1) is 11.8 Å². The first kappa shape index (κ1) is 23.8. The number of rotatable bonds is 8. The van der Waals surface area contributed by atoms with Crippen LogP contribution < -0.4 is 10.6 Å². The summed E-state index contributed by atoms with van der Waals surface area (Å²) in [6.45, 7) is 5.93. The molecule has 0 radical (unpaired) electrons. The third kappa shape index (κ3) is 5.89. The Balaban J connectivity index is 1.67. The molecule has 0 aliphatic heterocycles. The molecule has 0 saturated carbocycles. The number of hydrogen-bond donors (Lipinski definition) is 2. The van der Waals surface area contributed by atoms with Gasteiger partial charge in [0.1, 0.15) is 0 Å². The third-order valence-corrected chi connectivity index (χ3v) is 6.20. The van der Waals surface area contributed by atoms with E-state index < -0.39 is 0 Å². The first-order valence-corrected chi connectivity index (χ1v) is 11.6. The number of amides is 2. The summed E-state index contributed by atoms with van der Waals surface area (Å²) in [5.74, 6) is 0.566. The van der Waals surface area contributed by atoms with Crippen LogP contribution in [0.2, 0.25) is 5.02 Å². The summed E-state index contributed by atoms with van der Waals surface area (Å²) in [5, 5.41) is 15.6. The molecule has 0 bridgehead atoms. The van der Waals surface area contributed by atoms with Crippen LogP contribution in [0.3, 0.4) is 0 Å². The van der Waals surface area contributed by atoms with Crippen LogP contribution in [0.15, 0.2) is 53.7 Å². The number of hydrogen-bond acceptors (Lipinski definition) is 5. The van der Waals surface area contributed by atoms with Crippen molar-refractivity contribution >= 4 is 40.9 Å². The van der Waals surface area contributed by atoms with E-state index in [2.05, 4.69) is 20.8 Å². The van der Waals surface area contributed by atoms with E-state index in [1.807, 2.05) is 56.7 Å². The fourth-order valence-electron chi connectivity index (χ4n) is 3.11. The van der Waals surface area contributed by atoms with Crippen LogP contribution in [0.4, 0.5) is 5.69 Å². The van der Waals surface area contributed by atoms with Crippen LogP contribution in [0.5, 0.6) is 0 Å². The van der Waals surface area contributed by atoms with Crippen molar-refractivity contribution in [3.8, 4) is 0 Å². The largest absolute Gasteiger partial charge is 0.342 e. The number of aromatic nitrogens is 3. The minimum Gasteiger partial charge on any atom is -0.342 e. The van der Waals surface area contributed by atoms with Gasteiger partial charge in [0, 0.05) is 23.3 Å². The van der Waals surface area contributed by atoms with Crippen LogP contribution in [-0.4, -0.2) is 32.3 Å². The number of aryl methyl sites for hydroxylation is 1. The minimum absolute atomic E-state index is 0.0949. The maximum Gasteiger partial charge on any atom is 0.251 e. The summed E-state index contributed by atoms with van der Waals surface area (Å²) in [7, 11) is 1.83. The molecule has 1 aromatic heterocycles. The molecule has 0 aliphatic carbocycles. The maximum absolute atomic E-state index is 12.7. The normalized spacial score (nSPS) is 11.9. The molecule has 0 spiro atoms. The lowest BCUT2D eigenvalue weighted by Crippen LogP contribution is -2.33. The number of nitrogens with one attached hydrogen (secondary N) is 2. The number of benzene rings is 2. The van der Waals surface area contributed by atoms with E-state index in [1.54, 1.807) is 24.3 Å². The van der Waals surface area contributed by atoms with Crippen LogP contribution in [0, 0.1) is 12.8 Å². The first-order valence-electron chi connectivity index (χ1n) is 10.2. The van der Waals surface area contributed by atoms with E-state index in [1.165, 1.54) is 11.8 Å². The standard InChI is InChI=1S/C23H26ClN5O2S/c1-14(2)20(26-22(31)16-8-6-5-7-9-16)21-27-28-23(29(21)4)32-13-19(30)25-18-12-17(24)11-10-15(18)3/h5-12,14,20H,13H2,1-4H3,(H,25,30)(H,26,31)/t20-/m0/s1. The van der Waals surface area contributed by atoms with Crippen LogP contribution in [0.25, 0.3) is 0 Å². The molecule has 2 aromatic carbocycles. The number of anilines is 1. The molecular weight excluding hydrogens is 446 g/mol. The molecular formula is C23H26ClN5O2S. The lowest BCUT2D eigenvalue weighted by molar-refractivity contribution is -0.113. The summed E-state index contributed by atoms with van der Waals surface area (Å²) in [6.07, 6.45) is 0. The summed E-state index contributed by atoms with van der Waals surface area (Å²) >= 11 is 7.30. The Morgan fingerprint density at radius 2 is 1.84 bits per heavy atom. The van der Waals surface area contributed by atoms with Gasteiger partial charge < -0.3 is 15.2 Å². The second kappa shape index (κ2) is 10.7. The van der Waals surface area contributed by atoms with Gasteiger partial charge in [-0.15, -0.1) is 10.2 Å². The van der Waals surface area contributed by atoms with E-state index in [0.717, 1.165) is 5.56 Å². The van der Waals surface area contributed by atoms with Crippen molar-refractivity contribution in [3.63, 3.8) is 0 Å². The van der Waals surface area contributed by atoms with Crippen molar-refractivity contribution in [3.05, 3.63) is 70.5 Å². The monoisotopic (exact) mass is 471 g/mol. The smallest absolute Gasteiger partial charge is 0.251 e. The van der Waals surface area contributed by atoms with Gasteiger partial charge in [-0.1, -0.05) is 61.5 Å². The van der Waals surface area contributed by atoms with Crippen LogP contribution in [0.1, 0.15) is 41.6 Å². The van der Waals surface area contributed by atoms with E-state index in [0.29, 0.717) is 27.3 Å². The molecule has 0 aliphatic rings. The van der Waals surface area contributed by atoms with E-state index in [4.69, 9.17) is 11.6 Å². The van der Waals surface area contributed by atoms with Crippen molar-refractivity contribution in [1.82, 2.24) is 20.1 Å². The zero-order chi connectivity index (χ0) is 23.3. The van der Waals surface area contributed by atoms with Gasteiger partial charge in [-0.3, -0.25) is 9.59 Å². The molecule has 2 N–H and O–H groups in total. The summed E-state index contributed by atoms with van der Waals surface area (Å²) < 4.78 is 1.82. The third-order valence-electron chi connectivity index (χ3n) is 4.94. The molecule has 9 heteroatoms. The SMILES string of the molecule is Cc1ccc(Cl)cc1NC(=O)CSc1nnc([C@@H](NC(=O)c2ccccc2)C(C)C)n1C. The van der Waals surface area contributed by atoms with Crippen molar-refractivity contribution in [2.24, 2.45) is 13.0 Å². The summed E-state index contributed by atoms with van der Waals surface area (Å²) in [5.41, 5.74) is 2.20. The van der Waals surface area contributed by atoms with Crippen molar-refractivity contribution in [2.75, 3.05) is 11.1 Å². The Morgan fingerprint density at radius 3 is 2.53 bits per heavy atom. The highest BCUT2D eigenvalue weighted by Crippen LogP contribution is 2.25. The van der Waals surface area contributed by atoms with E-state index in [-0.39, 0.29) is 29.5 Å². The molecule has 168 valence electrons. The molecule has 0 fully saturated rings. The second-order valence-corrected chi connectivity index (χ2v) is 9.14. The van der Waals surface area contributed by atoms with Gasteiger partial charge in [0.15, 0.2) is 11.0 Å². The van der Waals surface area contributed by atoms with E-state index in [9.17, 15) is 9.59 Å². The minimum atomic E-state index is -0.322. The van der Waals surface area contributed by atoms with Crippen LogP contribution in [-0.2, 0) is 11.8 Å². The average Bonchev–Trinajstić information content (AvgIpc) is 3.13. The molecule has 3 rings (SSSR count). The fourth-order valence-corrected chi connectivity index (χ4v) is 4.00. The highest BCUT2D eigenvalue weighted by molar-refractivity contribution is 7.99. The summed E-state index contributed by atoms with van der Waals surface area (Å²) in [6, 6.07) is 14.1. The molecule has 3 aromatic rings. The Bertz CT molecular complexity index is 1100. The van der Waals surface area contributed by atoms with Crippen molar-refractivity contribution in [1.29, 1.82) is 0 Å². The highest BCUT2D eigenvalue weighted by Gasteiger charge is 2.25. The molecule has 0 saturated heterocycles. The Morgan fingerprint density at radius 1 is 1.12 bits per heavy atom. The molecule has 1 heterocycles. The van der Waals surface area contributed by atoms with Gasteiger partial charge >= 0.3 is 0 Å². The number of thioether (sulfide) groups is 1. The van der Waals surface area contributed by atoms with Crippen molar-refractivity contribution in [2.45, 2.75) is 32.0 Å². The predicted octanol–water partition coefficient (Wildman–Crippen LogP) is 4.63. The Kier molecular flexibility index (Phi) is 7.93. The second-order valence-electron chi connectivity index (χ2n) is 7.76. The average molecular weight is 472 g/mol. The van der Waals surface area contributed by atoms with Crippen molar-refractivity contribution < 1.29 is 9.59 Å².